The Labute approximate surface area is 237 Å². The summed E-state index contributed by atoms with van der Waals surface area (Å²) >= 11 is 0. The molecule has 3 rings (SSSR count). The number of ether oxygens (including phenoxy) is 1. The van der Waals surface area contributed by atoms with Crippen molar-refractivity contribution in [2.24, 2.45) is 5.41 Å². The summed E-state index contributed by atoms with van der Waals surface area (Å²) in [7, 11) is 0. The Kier molecular flexibility index (Phi) is 11.3. The minimum absolute atomic E-state index is 0.0377. The normalized spacial score (nSPS) is 17.5. The second-order valence-corrected chi connectivity index (χ2v) is 11.3. The summed E-state index contributed by atoms with van der Waals surface area (Å²) < 4.78 is 5.74. The monoisotopic (exact) mass is 549 g/mol. The number of nitrogens with one attached hydrogen (secondary N) is 2. The molecule has 1 aliphatic rings. The molecule has 216 valence electrons. The molecular formula is C32H43N3O5. The number of benzene rings is 2. The maximum atomic E-state index is 13.0. The first-order valence-electron chi connectivity index (χ1n) is 14.3. The van der Waals surface area contributed by atoms with Gasteiger partial charge < -0.3 is 20.3 Å². The van der Waals surface area contributed by atoms with E-state index in [4.69, 9.17) is 4.74 Å². The van der Waals surface area contributed by atoms with E-state index < -0.39 is 35.3 Å². The molecule has 40 heavy (non-hydrogen) atoms. The number of hydrogen-bond acceptors (Lipinski definition) is 5. The summed E-state index contributed by atoms with van der Waals surface area (Å²) in [6.07, 6.45) is 2.52. The minimum atomic E-state index is -0.990. The van der Waals surface area contributed by atoms with Crippen LogP contribution in [0.4, 0.5) is 4.79 Å². The Morgan fingerprint density at radius 2 is 1.62 bits per heavy atom. The molecule has 0 aromatic heterocycles. The fourth-order valence-electron chi connectivity index (χ4n) is 4.97. The van der Waals surface area contributed by atoms with Gasteiger partial charge in [0.05, 0.1) is 12.6 Å². The maximum absolute atomic E-state index is 13.0. The lowest BCUT2D eigenvalue weighted by atomic mass is 9.90. The van der Waals surface area contributed by atoms with Gasteiger partial charge in [-0.2, -0.15) is 0 Å². The van der Waals surface area contributed by atoms with E-state index in [2.05, 4.69) is 22.8 Å². The van der Waals surface area contributed by atoms with Gasteiger partial charge in [-0.15, -0.1) is 0 Å². The largest absolute Gasteiger partial charge is 0.444 e. The second-order valence-electron chi connectivity index (χ2n) is 11.3. The summed E-state index contributed by atoms with van der Waals surface area (Å²) in [6.45, 7) is 8.48. The summed E-state index contributed by atoms with van der Waals surface area (Å²) in [5.41, 5.74) is 1.63. The van der Waals surface area contributed by atoms with Crippen LogP contribution in [0.25, 0.3) is 0 Å². The number of ketones is 1. The molecule has 0 radical (unpaired) electrons. The van der Waals surface area contributed by atoms with Crippen LogP contribution in [-0.4, -0.2) is 53.8 Å². The zero-order valence-corrected chi connectivity index (χ0v) is 24.2. The Hall–Kier alpha value is -3.68. The number of rotatable bonds is 13. The fraction of sp³-hybridized carbons (Fsp3) is 0.500. The first-order valence-corrected chi connectivity index (χ1v) is 14.3. The smallest absolute Gasteiger partial charge is 0.408 e. The third-order valence-corrected chi connectivity index (χ3v) is 7.48. The molecule has 1 fully saturated rings. The molecule has 2 aromatic rings. The van der Waals surface area contributed by atoms with E-state index in [0.717, 1.165) is 24.8 Å². The zero-order chi connectivity index (χ0) is 29.1. The molecule has 3 amide bonds. The van der Waals surface area contributed by atoms with Crippen molar-refractivity contribution in [1.29, 1.82) is 0 Å². The first-order chi connectivity index (χ1) is 19.1. The molecule has 0 bridgehead atoms. The molecule has 3 atom stereocenters. The van der Waals surface area contributed by atoms with Gasteiger partial charge in [0.25, 0.3) is 5.91 Å². The van der Waals surface area contributed by atoms with Crippen LogP contribution in [0.15, 0.2) is 60.7 Å². The van der Waals surface area contributed by atoms with Crippen molar-refractivity contribution >= 4 is 23.7 Å². The van der Waals surface area contributed by atoms with E-state index in [-0.39, 0.29) is 11.9 Å². The third-order valence-electron chi connectivity index (χ3n) is 7.48. The van der Waals surface area contributed by atoms with Crippen LogP contribution in [0, 0.1) is 5.41 Å². The predicted octanol–water partition coefficient (Wildman–Crippen LogP) is 4.98. The van der Waals surface area contributed by atoms with E-state index in [1.165, 1.54) is 5.56 Å². The molecule has 2 aromatic carbocycles. The molecule has 0 aliphatic carbocycles. The topological polar surface area (TPSA) is 105 Å². The van der Waals surface area contributed by atoms with Gasteiger partial charge in [-0.1, -0.05) is 94.3 Å². The van der Waals surface area contributed by atoms with Crippen molar-refractivity contribution in [1.82, 2.24) is 15.5 Å². The minimum Gasteiger partial charge on any atom is -0.444 e. The number of Topliss-reactive ketones (excluding diaryl/α,β-unsaturated/α-hetero) is 1. The Bertz CT molecular complexity index is 1140. The van der Waals surface area contributed by atoms with Gasteiger partial charge in [0, 0.05) is 18.4 Å². The summed E-state index contributed by atoms with van der Waals surface area (Å²) in [5, 5.41) is 5.36. The zero-order valence-electron chi connectivity index (χ0n) is 24.2. The van der Waals surface area contributed by atoms with Gasteiger partial charge in [-0.05, 0) is 37.3 Å². The average molecular weight is 550 g/mol. The number of carbonyl (C=O) groups excluding carboxylic acids is 4. The van der Waals surface area contributed by atoms with Gasteiger partial charge in [-0.25, -0.2) is 4.79 Å². The molecule has 0 unspecified atom stereocenters. The van der Waals surface area contributed by atoms with E-state index in [0.29, 0.717) is 32.4 Å². The standard InChI is InChI=1S/C32H43N3O5/c1-5-6-19-26(29(37)30(38)33-23(2)25-17-11-8-12-18-25)34-31(39)40-27-21-35(22-32(27,3)4)28(36)20-13-16-24-14-9-7-10-15-24/h7-12,14-15,17-18,23,26-27H,5-6,13,16,19-22H2,1-4H3,(H,33,38)(H,34,39)/t23-,26+,27-/m1/s1. The van der Waals surface area contributed by atoms with Crippen molar-refractivity contribution in [3.63, 3.8) is 0 Å². The highest BCUT2D eigenvalue weighted by Gasteiger charge is 2.44. The number of aryl methyl sites for hydroxylation is 1. The third kappa shape index (κ3) is 8.93. The highest BCUT2D eigenvalue weighted by Crippen LogP contribution is 2.32. The number of alkyl carbamates (subject to hydrolysis) is 1. The molecule has 2 N–H and O–H groups in total. The predicted molar refractivity (Wildman–Crippen MR) is 154 cm³/mol. The Morgan fingerprint density at radius 3 is 2.27 bits per heavy atom. The van der Waals surface area contributed by atoms with Crippen molar-refractivity contribution in [2.45, 2.75) is 84.4 Å². The average Bonchev–Trinajstić information content (AvgIpc) is 3.25. The van der Waals surface area contributed by atoms with Crippen molar-refractivity contribution in [3.05, 3.63) is 71.8 Å². The SMILES string of the molecule is CCCC[C@H](NC(=O)O[C@@H]1CN(C(=O)CCCc2ccccc2)CC1(C)C)C(=O)C(=O)N[C@H](C)c1ccccc1. The summed E-state index contributed by atoms with van der Waals surface area (Å²) in [5.74, 6) is -1.41. The molecule has 1 heterocycles. The molecule has 0 saturated carbocycles. The summed E-state index contributed by atoms with van der Waals surface area (Å²) in [6, 6.07) is 18.1. The van der Waals surface area contributed by atoms with Crippen molar-refractivity contribution in [3.8, 4) is 0 Å². The van der Waals surface area contributed by atoms with Gasteiger partial charge in [0.15, 0.2) is 0 Å². The number of hydrogen-bond donors (Lipinski definition) is 2. The van der Waals surface area contributed by atoms with E-state index in [1.54, 1.807) is 11.8 Å². The van der Waals surface area contributed by atoms with E-state index in [1.807, 2.05) is 69.3 Å². The van der Waals surface area contributed by atoms with Gasteiger partial charge in [0.2, 0.25) is 11.7 Å². The van der Waals surface area contributed by atoms with Crippen molar-refractivity contribution < 1.29 is 23.9 Å². The number of nitrogens with zero attached hydrogens (tertiary/aromatic N) is 1. The summed E-state index contributed by atoms with van der Waals surface area (Å²) in [4.78, 5) is 53.3. The number of likely N-dealkylation sites (tertiary alicyclic amines) is 1. The first kappa shape index (κ1) is 30.9. The molecular weight excluding hydrogens is 506 g/mol. The lowest BCUT2D eigenvalue weighted by molar-refractivity contribution is -0.139. The van der Waals surface area contributed by atoms with Crippen LogP contribution in [-0.2, 0) is 25.5 Å². The number of amides is 3. The molecule has 1 saturated heterocycles. The van der Waals surface area contributed by atoms with E-state index in [9.17, 15) is 19.2 Å². The maximum Gasteiger partial charge on any atom is 0.408 e. The Balaban J connectivity index is 1.53. The van der Waals surface area contributed by atoms with Gasteiger partial charge >= 0.3 is 6.09 Å². The lowest BCUT2D eigenvalue weighted by Crippen LogP contribution is -2.49. The van der Waals surface area contributed by atoms with Crippen LogP contribution in [0.1, 0.15) is 77.0 Å². The lowest BCUT2D eigenvalue weighted by Gasteiger charge is -2.26. The van der Waals surface area contributed by atoms with Gasteiger partial charge in [-0.3, -0.25) is 14.4 Å². The number of carbonyl (C=O) groups is 4. The fourth-order valence-corrected chi connectivity index (χ4v) is 4.97. The van der Waals surface area contributed by atoms with Crippen LogP contribution >= 0.6 is 0 Å². The van der Waals surface area contributed by atoms with Crippen molar-refractivity contribution in [2.75, 3.05) is 13.1 Å². The molecule has 0 spiro atoms. The van der Waals surface area contributed by atoms with Crippen LogP contribution in [0.5, 0.6) is 0 Å². The van der Waals surface area contributed by atoms with Crippen LogP contribution in [0.2, 0.25) is 0 Å². The van der Waals surface area contributed by atoms with E-state index >= 15 is 0 Å². The molecule has 8 nitrogen and oxygen atoms in total. The highest BCUT2D eigenvalue weighted by molar-refractivity contribution is 6.38. The Morgan fingerprint density at radius 1 is 0.975 bits per heavy atom. The highest BCUT2D eigenvalue weighted by atomic mass is 16.6. The van der Waals surface area contributed by atoms with Crippen LogP contribution < -0.4 is 10.6 Å². The van der Waals surface area contributed by atoms with Crippen LogP contribution in [0.3, 0.4) is 0 Å². The number of unbranched alkanes of at least 4 members (excludes halogenated alkanes) is 1. The molecule has 1 aliphatic heterocycles. The second kappa shape index (κ2) is 14.6. The quantitative estimate of drug-likeness (QED) is 0.343. The molecule has 8 heteroatoms. The van der Waals surface area contributed by atoms with Gasteiger partial charge in [0.1, 0.15) is 12.1 Å².